The number of aliphatic hydroxyl groups excluding tert-OH is 1. The second kappa shape index (κ2) is 4.99. The van der Waals surface area contributed by atoms with Gasteiger partial charge in [0.25, 0.3) is 5.91 Å². The maximum absolute atomic E-state index is 12.3. The van der Waals surface area contributed by atoms with Crippen LogP contribution in [-0.2, 0) is 11.3 Å². The lowest BCUT2D eigenvalue weighted by atomic mass is 10.3. The van der Waals surface area contributed by atoms with Crippen LogP contribution in [-0.4, -0.2) is 52.2 Å². The molecular weight excluding hydrogens is 246 g/mol. The summed E-state index contributed by atoms with van der Waals surface area (Å²) < 4.78 is 5.23. The molecule has 0 unspecified atom stereocenters. The highest BCUT2D eigenvalue weighted by molar-refractivity contribution is 5.97. The van der Waals surface area contributed by atoms with Gasteiger partial charge in [0.2, 0.25) is 0 Å². The topological polar surface area (TPSA) is 78.4 Å². The molecule has 1 amide bonds. The van der Waals surface area contributed by atoms with Gasteiger partial charge in [0.1, 0.15) is 5.69 Å². The Balaban J connectivity index is 1.89. The van der Waals surface area contributed by atoms with Gasteiger partial charge in [0, 0.05) is 13.1 Å². The van der Waals surface area contributed by atoms with Gasteiger partial charge in [-0.1, -0.05) is 0 Å². The largest absolute Gasteiger partial charge is 0.390 e. The number of nitrogens with one attached hydrogen (secondary N) is 1. The average Bonchev–Trinajstić information content (AvgIpc) is 2.90. The third kappa shape index (κ3) is 2.32. The zero-order chi connectivity index (χ0) is 13.2. The van der Waals surface area contributed by atoms with E-state index >= 15 is 0 Å². The molecule has 1 fully saturated rings. The molecule has 100 valence electrons. The van der Waals surface area contributed by atoms with Gasteiger partial charge in [-0.15, -0.1) is 0 Å². The molecule has 1 saturated heterocycles. The Bertz CT molecular complexity index is 602. The van der Waals surface area contributed by atoms with Crippen molar-refractivity contribution in [2.75, 3.05) is 26.3 Å². The lowest BCUT2D eigenvalue weighted by molar-refractivity contribution is 0.0299. The predicted octanol–water partition coefficient (Wildman–Crippen LogP) is 0.528. The van der Waals surface area contributed by atoms with E-state index in [2.05, 4.69) is 9.97 Å². The number of rotatable bonds is 2. The normalized spacial score (nSPS) is 15.9. The molecule has 2 aromatic rings. The fraction of sp³-hybridized carbons (Fsp3) is 0.385. The molecule has 2 aromatic heterocycles. The highest BCUT2D eigenvalue weighted by Gasteiger charge is 2.20. The molecule has 19 heavy (non-hydrogen) atoms. The van der Waals surface area contributed by atoms with E-state index < -0.39 is 0 Å². The van der Waals surface area contributed by atoms with E-state index in [0.717, 1.165) is 5.52 Å². The van der Waals surface area contributed by atoms with Crippen molar-refractivity contribution in [1.29, 1.82) is 0 Å². The van der Waals surface area contributed by atoms with E-state index in [4.69, 9.17) is 9.84 Å². The van der Waals surface area contributed by atoms with Gasteiger partial charge >= 0.3 is 0 Å². The number of fused-ring (bicyclic) bond motifs is 1. The fourth-order valence-corrected chi connectivity index (χ4v) is 2.19. The maximum atomic E-state index is 12.3. The van der Waals surface area contributed by atoms with Crippen LogP contribution in [0.4, 0.5) is 0 Å². The summed E-state index contributed by atoms with van der Waals surface area (Å²) in [4.78, 5) is 21.4. The fourth-order valence-electron chi connectivity index (χ4n) is 2.19. The second-order valence-electron chi connectivity index (χ2n) is 4.48. The van der Waals surface area contributed by atoms with Crippen LogP contribution in [0.2, 0.25) is 0 Å². The van der Waals surface area contributed by atoms with E-state index in [1.165, 1.54) is 0 Å². The van der Waals surface area contributed by atoms with Crippen LogP contribution in [0.25, 0.3) is 11.0 Å². The zero-order valence-electron chi connectivity index (χ0n) is 10.4. The summed E-state index contributed by atoms with van der Waals surface area (Å²) in [6, 6.07) is 5.29. The Morgan fingerprint density at radius 3 is 2.95 bits per heavy atom. The van der Waals surface area contributed by atoms with Gasteiger partial charge in [-0.3, -0.25) is 4.79 Å². The minimum atomic E-state index is -0.103. The number of aromatic nitrogens is 2. The van der Waals surface area contributed by atoms with E-state index in [0.29, 0.717) is 43.2 Å². The molecule has 0 aliphatic carbocycles. The Kier molecular flexibility index (Phi) is 3.18. The summed E-state index contributed by atoms with van der Waals surface area (Å²) >= 11 is 0. The number of carbonyl (C=O) groups is 1. The van der Waals surface area contributed by atoms with Gasteiger partial charge in [-0.2, -0.15) is 0 Å². The first-order chi connectivity index (χ1) is 9.28. The number of hydrogen-bond donors (Lipinski definition) is 2. The van der Waals surface area contributed by atoms with Crippen LogP contribution in [0.1, 0.15) is 16.2 Å². The van der Waals surface area contributed by atoms with Crippen LogP contribution in [0.15, 0.2) is 18.2 Å². The van der Waals surface area contributed by atoms with Crippen molar-refractivity contribution in [3.05, 3.63) is 29.6 Å². The smallest absolute Gasteiger partial charge is 0.270 e. The second-order valence-corrected chi connectivity index (χ2v) is 4.48. The highest BCUT2D eigenvalue weighted by atomic mass is 16.5. The Labute approximate surface area is 110 Å². The highest BCUT2D eigenvalue weighted by Crippen LogP contribution is 2.16. The minimum absolute atomic E-state index is 0.0353. The SMILES string of the molecule is O=C(c1cc2nc(CO)ccc2[nH]1)N1CCOCC1. The Hall–Kier alpha value is -1.92. The number of H-pyrrole nitrogens is 1. The van der Waals surface area contributed by atoms with Crippen LogP contribution < -0.4 is 0 Å². The molecule has 3 heterocycles. The average molecular weight is 261 g/mol. The summed E-state index contributed by atoms with van der Waals surface area (Å²) in [5, 5.41) is 9.06. The first kappa shape index (κ1) is 12.1. The summed E-state index contributed by atoms with van der Waals surface area (Å²) in [6.45, 7) is 2.29. The van der Waals surface area contributed by atoms with Crippen LogP contribution in [0.5, 0.6) is 0 Å². The van der Waals surface area contributed by atoms with Gasteiger partial charge in [-0.05, 0) is 18.2 Å². The summed E-state index contributed by atoms with van der Waals surface area (Å²) in [5.74, 6) is -0.0353. The van der Waals surface area contributed by atoms with Crippen molar-refractivity contribution in [2.24, 2.45) is 0 Å². The predicted molar refractivity (Wildman–Crippen MR) is 68.7 cm³/mol. The molecule has 0 atom stereocenters. The van der Waals surface area contributed by atoms with Gasteiger partial charge < -0.3 is 19.7 Å². The molecule has 0 bridgehead atoms. The van der Waals surface area contributed by atoms with Crippen molar-refractivity contribution in [3.63, 3.8) is 0 Å². The quantitative estimate of drug-likeness (QED) is 0.826. The molecule has 0 spiro atoms. The molecule has 0 aromatic carbocycles. The van der Waals surface area contributed by atoms with Gasteiger partial charge in [-0.25, -0.2) is 4.98 Å². The summed E-state index contributed by atoms with van der Waals surface area (Å²) in [5.41, 5.74) is 2.62. The van der Waals surface area contributed by atoms with Crippen LogP contribution in [0, 0.1) is 0 Å². The molecule has 1 aliphatic rings. The van der Waals surface area contributed by atoms with Crippen molar-refractivity contribution >= 4 is 16.9 Å². The maximum Gasteiger partial charge on any atom is 0.270 e. The molecule has 3 rings (SSSR count). The lowest BCUT2D eigenvalue weighted by Crippen LogP contribution is -2.40. The lowest BCUT2D eigenvalue weighted by Gasteiger charge is -2.26. The number of aromatic amines is 1. The molecule has 2 N–H and O–H groups in total. The zero-order valence-corrected chi connectivity index (χ0v) is 10.4. The van der Waals surface area contributed by atoms with Crippen molar-refractivity contribution in [2.45, 2.75) is 6.61 Å². The van der Waals surface area contributed by atoms with Crippen molar-refractivity contribution < 1.29 is 14.6 Å². The molecule has 0 radical (unpaired) electrons. The van der Waals surface area contributed by atoms with Crippen molar-refractivity contribution in [1.82, 2.24) is 14.9 Å². The molecule has 1 aliphatic heterocycles. The number of amides is 1. The summed E-state index contributed by atoms with van der Waals surface area (Å²) in [7, 11) is 0. The first-order valence-electron chi connectivity index (χ1n) is 6.24. The monoisotopic (exact) mass is 261 g/mol. The number of hydrogen-bond acceptors (Lipinski definition) is 4. The van der Waals surface area contributed by atoms with Crippen molar-refractivity contribution in [3.8, 4) is 0 Å². The number of pyridine rings is 1. The number of morpholine rings is 1. The third-order valence-corrected chi connectivity index (χ3v) is 3.22. The summed E-state index contributed by atoms with van der Waals surface area (Å²) in [6.07, 6.45) is 0. The molecule has 6 heteroatoms. The first-order valence-corrected chi connectivity index (χ1v) is 6.24. The van der Waals surface area contributed by atoms with E-state index in [9.17, 15) is 4.79 Å². The van der Waals surface area contributed by atoms with Crippen LogP contribution in [0.3, 0.4) is 0 Å². The third-order valence-electron chi connectivity index (χ3n) is 3.22. The van der Waals surface area contributed by atoms with E-state index in [1.807, 2.05) is 6.07 Å². The van der Waals surface area contributed by atoms with E-state index in [-0.39, 0.29) is 12.5 Å². The molecule has 0 saturated carbocycles. The molecule has 6 nitrogen and oxygen atoms in total. The number of nitrogens with zero attached hydrogens (tertiary/aromatic N) is 2. The number of carbonyl (C=O) groups excluding carboxylic acids is 1. The minimum Gasteiger partial charge on any atom is -0.390 e. The van der Waals surface area contributed by atoms with Crippen LogP contribution >= 0.6 is 0 Å². The Morgan fingerprint density at radius 2 is 2.21 bits per heavy atom. The van der Waals surface area contributed by atoms with E-state index in [1.54, 1.807) is 17.0 Å². The van der Waals surface area contributed by atoms with Gasteiger partial charge in [0.05, 0.1) is 36.5 Å². The standard InChI is InChI=1S/C13H15N3O3/c17-8-9-1-2-10-11(14-9)7-12(15-10)13(18)16-3-5-19-6-4-16/h1-2,7,15,17H,3-6,8H2. The van der Waals surface area contributed by atoms with Gasteiger partial charge in [0.15, 0.2) is 0 Å². The number of aliphatic hydroxyl groups is 1. The molecular formula is C13H15N3O3. The number of ether oxygens (including phenoxy) is 1. The Morgan fingerprint density at radius 1 is 1.42 bits per heavy atom.